The molecule has 1 aromatic rings. The molecular weight excluding hydrogens is 220 g/mol. The second-order valence-electron chi connectivity index (χ2n) is 3.94. The van der Waals surface area contributed by atoms with E-state index in [1.807, 2.05) is 19.0 Å². The van der Waals surface area contributed by atoms with Crippen LogP contribution in [-0.4, -0.2) is 43.0 Å². The SMILES string of the molecule is CC(=O)Nc1cc(N)c(OCCN(C)C)cn1. The molecule has 1 heterocycles. The van der Waals surface area contributed by atoms with E-state index in [1.165, 1.54) is 13.1 Å². The normalized spacial score (nSPS) is 10.4. The molecule has 3 N–H and O–H groups in total. The van der Waals surface area contributed by atoms with E-state index < -0.39 is 0 Å². The van der Waals surface area contributed by atoms with Crippen LogP contribution in [0.2, 0.25) is 0 Å². The summed E-state index contributed by atoms with van der Waals surface area (Å²) in [6.45, 7) is 2.75. The lowest BCUT2D eigenvalue weighted by atomic mass is 10.3. The summed E-state index contributed by atoms with van der Waals surface area (Å²) in [6, 6.07) is 1.58. The minimum atomic E-state index is -0.182. The first-order chi connectivity index (χ1) is 7.99. The topological polar surface area (TPSA) is 80.5 Å². The van der Waals surface area contributed by atoms with Gasteiger partial charge in [-0.05, 0) is 14.1 Å². The zero-order valence-electron chi connectivity index (χ0n) is 10.4. The number of amides is 1. The number of ether oxygens (including phenoxy) is 1. The second kappa shape index (κ2) is 6.05. The van der Waals surface area contributed by atoms with Gasteiger partial charge in [-0.25, -0.2) is 4.98 Å². The first-order valence-corrected chi connectivity index (χ1v) is 5.29. The molecule has 0 aliphatic rings. The van der Waals surface area contributed by atoms with Gasteiger partial charge in [-0.3, -0.25) is 4.79 Å². The van der Waals surface area contributed by atoms with Gasteiger partial charge in [0.15, 0.2) is 5.75 Å². The molecule has 0 atom stereocenters. The van der Waals surface area contributed by atoms with Crippen molar-refractivity contribution in [2.75, 3.05) is 38.3 Å². The lowest BCUT2D eigenvalue weighted by Crippen LogP contribution is -2.19. The van der Waals surface area contributed by atoms with E-state index >= 15 is 0 Å². The zero-order chi connectivity index (χ0) is 12.8. The number of nitrogens with zero attached hydrogens (tertiary/aromatic N) is 2. The molecule has 1 amide bonds. The van der Waals surface area contributed by atoms with E-state index in [-0.39, 0.29) is 5.91 Å². The highest BCUT2D eigenvalue weighted by atomic mass is 16.5. The van der Waals surface area contributed by atoms with Crippen molar-refractivity contribution >= 4 is 17.4 Å². The summed E-state index contributed by atoms with van der Waals surface area (Å²) in [6.07, 6.45) is 1.51. The first-order valence-electron chi connectivity index (χ1n) is 5.29. The third-order valence-corrected chi connectivity index (χ3v) is 2.00. The van der Waals surface area contributed by atoms with Crippen LogP contribution < -0.4 is 15.8 Å². The number of hydrogen-bond donors (Lipinski definition) is 2. The van der Waals surface area contributed by atoms with E-state index in [0.29, 0.717) is 23.9 Å². The van der Waals surface area contributed by atoms with Crippen molar-refractivity contribution in [3.63, 3.8) is 0 Å². The molecule has 0 saturated carbocycles. The maximum Gasteiger partial charge on any atom is 0.222 e. The molecule has 1 rings (SSSR count). The van der Waals surface area contributed by atoms with Crippen LogP contribution in [0.1, 0.15) is 6.92 Å². The highest BCUT2D eigenvalue weighted by molar-refractivity contribution is 5.88. The number of likely N-dealkylation sites (N-methyl/N-ethyl adjacent to an activating group) is 1. The average molecular weight is 238 g/mol. The van der Waals surface area contributed by atoms with E-state index in [4.69, 9.17) is 10.5 Å². The number of nitrogens with two attached hydrogens (primary N) is 1. The van der Waals surface area contributed by atoms with E-state index in [0.717, 1.165) is 6.54 Å². The number of hydrogen-bond acceptors (Lipinski definition) is 5. The fraction of sp³-hybridized carbons (Fsp3) is 0.455. The number of aromatic nitrogens is 1. The Balaban J connectivity index is 2.60. The molecule has 0 bridgehead atoms. The van der Waals surface area contributed by atoms with Crippen LogP contribution in [0, 0.1) is 0 Å². The standard InChI is InChI=1S/C11H18N4O2/c1-8(16)14-11-6-9(12)10(7-13-11)17-5-4-15(2)3/h6-7H,4-5H2,1-3H3,(H3,12,13,14,16). The van der Waals surface area contributed by atoms with Gasteiger partial charge in [-0.15, -0.1) is 0 Å². The van der Waals surface area contributed by atoms with Gasteiger partial charge < -0.3 is 20.7 Å². The number of nitrogens with one attached hydrogen (secondary N) is 1. The minimum absolute atomic E-state index is 0.182. The van der Waals surface area contributed by atoms with E-state index in [1.54, 1.807) is 6.07 Å². The Morgan fingerprint density at radius 2 is 2.29 bits per heavy atom. The minimum Gasteiger partial charge on any atom is -0.488 e. The number of carbonyl (C=O) groups excluding carboxylic acids is 1. The highest BCUT2D eigenvalue weighted by Gasteiger charge is 2.04. The third kappa shape index (κ3) is 4.69. The molecule has 0 saturated heterocycles. The number of pyridine rings is 1. The third-order valence-electron chi connectivity index (χ3n) is 2.00. The Labute approximate surface area is 101 Å². The van der Waals surface area contributed by atoms with Crippen LogP contribution in [-0.2, 0) is 4.79 Å². The van der Waals surface area contributed by atoms with Crippen LogP contribution in [0.15, 0.2) is 12.3 Å². The van der Waals surface area contributed by atoms with Crippen LogP contribution in [0.5, 0.6) is 5.75 Å². The summed E-state index contributed by atoms with van der Waals surface area (Å²) < 4.78 is 5.47. The molecular formula is C11H18N4O2. The Morgan fingerprint density at radius 3 is 2.82 bits per heavy atom. The number of anilines is 2. The van der Waals surface area contributed by atoms with Gasteiger partial charge in [0.1, 0.15) is 12.4 Å². The second-order valence-corrected chi connectivity index (χ2v) is 3.94. The molecule has 0 fully saturated rings. The van der Waals surface area contributed by atoms with Crippen LogP contribution in [0.3, 0.4) is 0 Å². The lowest BCUT2D eigenvalue weighted by Gasteiger charge is -2.12. The van der Waals surface area contributed by atoms with Crippen molar-refractivity contribution in [1.29, 1.82) is 0 Å². The lowest BCUT2D eigenvalue weighted by molar-refractivity contribution is -0.114. The van der Waals surface area contributed by atoms with Crippen molar-refractivity contribution in [2.24, 2.45) is 0 Å². The number of carbonyl (C=O) groups is 1. The van der Waals surface area contributed by atoms with Crippen LogP contribution in [0.25, 0.3) is 0 Å². The molecule has 17 heavy (non-hydrogen) atoms. The predicted octanol–water partition coefficient (Wildman–Crippen LogP) is 0.563. The smallest absolute Gasteiger partial charge is 0.222 e. The van der Waals surface area contributed by atoms with Gasteiger partial charge in [0.25, 0.3) is 0 Å². The Kier molecular flexibility index (Phi) is 4.71. The molecule has 0 radical (unpaired) electrons. The van der Waals surface area contributed by atoms with Crippen molar-refractivity contribution in [3.8, 4) is 5.75 Å². The summed E-state index contributed by atoms with van der Waals surface area (Å²) in [4.78, 5) is 16.9. The summed E-state index contributed by atoms with van der Waals surface area (Å²) in [5.74, 6) is 0.772. The molecule has 0 spiro atoms. The fourth-order valence-electron chi connectivity index (χ4n) is 1.17. The monoisotopic (exact) mass is 238 g/mol. The molecule has 6 nitrogen and oxygen atoms in total. The maximum atomic E-state index is 10.8. The molecule has 0 unspecified atom stereocenters. The zero-order valence-corrected chi connectivity index (χ0v) is 10.4. The summed E-state index contributed by atoms with van der Waals surface area (Å²) in [7, 11) is 3.93. The summed E-state index contributed by atoms with van der Waals surface area (Å²) >= 11 is 0. The molecule has 0 aromatic carbocycles. The predicted molar refractivity (Wildman–Crippen MR) is 67.0 cm³/mol. The molecule has 1 aromatic heterocycles. The molecule has 0 aliphatic heterocycles. The van der Waals surface area contributed by atoms with Crippen LogP contribution >= 0.6 is 0 Å². The quantitative estimate of drug-likeness (QED) is 0.783. The van der Waals surface area contributed by atoms with Gasteiger partial charge in [-0.2, -0.15) is 0 Å². The first kappa shape index (κ1) is 13.2. The van der Waals surface area contributed by atoms with Crippen molar-refractivity contribution in [1.82, 2.24) is 9.88 Å². The van der Waals surface area contributed by atoms with Crippen molar-refractivity contribution in [2.45, 2.75) is 6.92 Å². The van der Waals surface area contributed by atoms with Gasteiger partial charge in [0.2, 0.25) is 5.91 Å². The number of rotatable bonds is 5. The van der Waals surface area contributed by atoms with Gasteiger partial charge >= 0.3 is 0 Å². The molecule has 6 heteroatoms. The Hall–Kier alpha value is -1.82. The van der Waals surface area contributed by atoms with Gasteiger partial charge in [0, 0.05) is 19.5 Å². The highest BCUT2D eigenvalue weighted by Crippen LogP contribution is 2.22. The van der Waals surface area contributed by atoms with E-state index in [9.17, 15) is 4.79 Å². The number of nitrogen functional groups attached to an aromatic ring is 1. The molecule has 0 aliphatic carbocycles. The average Bonchev–Trinajstić information content (AvgIpc) is 2.20. The summed E-state index contributed by atoms with van der Waals surface area (Å²) in [5, 5.41) is 2.55. The Bertz CT molecular complexity index is 393. The van der Waals surface area contributed by atoms with Crippen LogP contribution in [0.4, 0.5) is 11.5 Å². The maximum absolute atomic E-state index is 10.8. The van der Waals surface area contributed by atoms with Crippen molar-refractivity contribution in [3.05, 3.63) is 12.3 Å². The van der Waals surface area contributed by atoms with Gasteiger partial charge in [0.05, 0.1) is 11.9 Å². The fourth-order valence-corrected chi connectivity index (χ4v) is 1.17. The summed E-state index contributed by atoms with van der Waals surface area (Å²) in [5.41, 5.74) is 6.24. The molecule has 94 valence electrons. The Morgan fingerprint density at radius 1 is 1.59 bits per heavy atom. The van der Waals surface area contributed by atoms with Crippen molar-refractivity contribution < 1.29 is 9.53 Å². The largest absolute Gasteiger partial charge is 0.488 e. The van der Waals surface area contributed by atoms with Gasteiger partial charge in [-0.1, -0.05) is 0 Å². The van der Waals surface area contributed by atoms with E-state index in [2.05, 4.69) is 10.3 Å².